The summed E-state index contributed by atoms with van der Waals surface area (Å²) in [6.45, 7) is 7.35. The average molecular weight is 295 g/mol. The maximum Gasteiger partial charge on any atom is 0.371 e. The van der Waals surface area contributed by atoms with Crippen molar-refractivity contribution >= 4 is 11.9 Å². The highest BCUT2D eigenvalue weighted by Crippen LogP contribution is 2.16. The number of carboxylic acids is 1. The molecule has 0 saturated carbocycles. The molecule has 1 aliphatic rings. The zero-order valence-electron chi connectivity index (χ0n) is 12.3. The monoisotopic (exact) mass is 295 g/mol. The predicted molar refractivity (Wildman–Crippen MR) is 76.0 cm³/mol. The van der Waals surface area contributed by atoms with Gasteiger partial charge in [-0.25, -0.2) is 4.79 Å². The van der Waals surface area contributed by atoms with Crippen molar-refractivity contribution in [2.45, 2.75) is 25.9 Å². The Morgan fingerprint density at radius 3 is 2.62 bits per heavy atom. The summed E-state index contributed by atoms with van der Waals surface area (Å²) in [4.78, 5) is 25.2. The van der Waals surface area contributed by atoms with E-state index in [1.54, 1.807) is 6.07 Å². The Bertz CT molecular complexity index is 518. The second-order valence-electron chi connectivity index (χ2n) is 5.55. The topological polar surface area (TPSA) is 94.8 Å². The number of nitrogens with zero attached hydrogens (tertiary/aromatic N) is 1. The van der Waals surface area contributed by atoms with Gasteiger partial charge in [0.05, 0.1) is 12.1 Å². The van der Waals surface area contributed by atoms with Gasteiger partial charge in [0.25, 0.3) is 0 Å². The first-order valence-electron chi connectivity index (χ1n) is 6.97. The molecule has 0 atom stereocenters. The van der Waals surface area contributed by atoms with Crippen molar-refractivity contribution in [3.05, 3.63) is 23.7 Å². The van der Waals surface area contributed by atoms with Gasteiger partial charge in [0, 0.05) is 26.2 Å². The number of amides is 1. The molecule has 1 aromatic rings. The standard InChI is InChI=1S/C14H21N3O4/c1-14(2,17-7-5-15-6-8-17)13(20)16-9-10-3-4-11(21-10)12(18)19/h3-4,15H,5-9H2,1-2H3,(H,16,20)(H,18,19). The number of nitrogens with one attached hydrogen (secondary N) is 2. The summed E-state index contributed by atoms with van der Waals surface area (Å²) in [6.07, 6.45) is 0. The minimum absolute atomic E-state index is 0.0994. The number of furan rings is 1. The molecular formula is C14H21N3O4. The Morgan fingerprint density at radius 2 is 2.05 bits per heavy atom. The quantitative estimate of drug-likeness (QED) is 0.722. The third-order valence-electron chi connectivity index (χ3n) is 3.76. The van der Waals surface area contributed by atoms with E-state index in [4.69, 9.17) is 9.52 Å². The largest absolute Gasteiger partial charge is 0.475 e. The van der Waals surface area contributed by atoms with Gasteiger partial charge < -0.3 is 20.2 Å². The second kappa shape index (κ2) is 6.28. The number of hydrogen-bond donors (Lipinski definition) is 3. The molecular weight excluding hydrogens is 274 g/mol. The third kappa shape index (κ3) is 3.62. The minimum atomic E-state index is -1.12. The van der Waals surface area contributed by atoms with Gasteiger partial charge in [-0.1, -0.05) is 0 Å². The van der Waals surface area contributed by atoms with Gasteiger partial charge in [-0.3, -0.25) is 9.69 Å². The zero-order valence-corrected chi connectivity index (χ0v) is 12.3. The van der Waals surface area contributed by atoms with Crippen LogP contribution in [0.2, 0.25) is 0 Å². The second-order valence-corrected chi connectivity index (χ2v) is 5.55. The number of carbonyl (C=O) groups is 2. The fourth-order valence-corrected chi connectivity index (χ4v) is 2.34. The highest BCUT2D eigenvalue weighted by Gasteiger charge is 2.34. The van der Waals surface area contributed by atoms with Crippen molar-refractivity contribution in [3.63, 3.8) is 0 Å². The first kappa shape index (κ1) is 15.5. The molecule has 21 heavy (non-hydrogen) atoms. The molecule has 2 rings (SSSR count). The van der Waals surface area contributed by atoms with Gasteiger partial charge in [0.2, 0.25) is 11.7 Å². The Hall–Kier alpha value is -1.86. The lowest BCUT2D eigenvalue weighted by atomic mass is 10.0. The SMILES string of the molecule is CC(C)(C(=O)NCc1ccc(C(=O)O)o1)N1CCNCC1. The van der Waals surface area contributed by atoms with Crippen LogP contribution < -0.4 is 10.6 Å². The number of hydrogen-bond acceptors (Lipinski definition) is 5. The molecule has 1 aromatic heterocycles. The van der Waals surface area contributed by atoms with Crippen molar-refractivity contribution < 1.29 is 19.1 Å². The molecule has 0 spiro atoms. The molecule has 1 fully saturated rings. The van der Waals surface area contributed by atoms with Crippen molar-refractivity contribution in [1.82, 2.24) is 15.5 Å². The lowest BCUT2D eigenvalue weighted by Crippen LogP contribution is -2.59. The first-order chi connectivity index (χ1) is 9.91. The van der Waals surface area contributed by atoms with Crippen LogP contribution >= 0.6 is 0 Å². The fourth-order valence-electron chi connectivity index (χ4n) is 2.34. The summed E-state index contributed by atoms with van der Waals surface area (Å²) in [5, 5.41) is 14.8. The van der Waals surface area contributed by atoms with Crippen LogP contribution in [0.25, 0.3) is 0 Å². The van der Waals surface area contributed by atoms with Crippen LogP contribution in [0.4, 0.5) is 0 Å². The summed E-state index contributed by atoms with van der Waals surface area (Å²) in [5.41, 5.74) is -0.607. The Balaban J connectivity index is 1.91. The highest BCUT2D eigenvalue weighted by molar-refractivity contribution is 5.85. The van der Waals surface area contributed by atoms with Gasteiger partial charge in [0.1, 0.15) is 5.76 Å². The fraction of sp³-hybridized carbons (Fsp3) is 0.571. The molecule has 0 bridgehead atoms. The zero-order chi connectivity index (χ0) is 15.5. The Labute approximate surface area is 123 Å². The molecule has 0 aromatic carbocycles. The van der Waals surface area contributed by atoms with Gasteiger partial charge in [0.15, 0.2) is 0 Å². The summed E-state index contributed by atoms with van der Waals surface area (Å²) in [5.74, 6) is -0.913. The van der Waals surface area contributed by atoms with E-state index in [0.717, 1.165) is 26.2 Å². The predicted octanol–water partition coefficient (Wildman–Crippen LogP) is 0.278. The van der Waals surface area contributed by atoms with E-state index >= 15 is 0 Å². The van der Waals surface area contributed by atoms with Crippen LogP contribution in [0.3, 0.4) is 0 Å². The van der Waals surface area contributed by atoms with E-state index in [2.05, 4.69) is 15.5 Å². The number of carbonyl (C=O) groups excluding carboxylic acids is 1. The van der Waals surface area contributed by atoms with Gasteiger partial charge in [-0.15, -0.1) is 0 Å². The molecule has 7 heteroatoms. The van der Waals surface area contributed by atoms with Crippen LogP contribution in [-0.4, -0.2) is 53.6 Å². The van der Waals surface area contributed by atoms with Crippen LogP contribution in [0.1, 0.15) is 30.2 Å². The molecule has 0 aliphatic carbocycles. The van der Waals surface area contributed by atoms with E-state index in [9.17, 15) is 9.59 Å². The maximum absolute atomic E-state index is 12.3. The average Bonchev–Trinajstić information content (AvgIpc) is 2.94. The van der Waals surface area contributed by atoms with E-state index in [1.807, 2.05) is 13.8 Å². The lowest BCUT2D eigenvalue weighted by molar-refractivity contribution is -0.132. The van der Waals surface area contributed by atoms with Crippen LogP contribution in [-0.2, 0) is 11.3 Å². The minimum Gasteiger partial charge on any atom is -0.475 e. The Morgan fingerprint density at radius 1 is 1.38 bits per heavy atom. The van der Waals surface area contributed by atoms with E-state index in [0.29, 0.717) is 5.76 Å². The summed E-state index contributed by atoms with van der Waals surface area (Å²) in [7, 11) is 0. The molecule has 2 heterocycles. The maximum atomic E-state index is 12.3. The summed E-state index contributed by atoms with van der Waals surface area (Å²) < 4.78 is 5.12. The molecule has 3 N–H and O–H groups in total. The van der Waals surface area contributed by atoms with Gasteiger partial charge >= 0.3 is 5.97 Å². The normalized spacial score (nSPS) is 16.7. The van der Waals surface area contributed by atoms with E-state index < -0.39 is 11.5 Å². The molecule has 0 radical (unpaired) electrons. The van der Waals surface area contributed by atoms with Crippen molar-refractivity contribution in [1.29, 1.82) is 0 Å². The van der Waals surface area contributed by atoms with Crippen molar-refractivity contribution in [2.24, 2.45) is 0 Å². The molecule has 7 nitrogen and oxygen atoms in total. The molecule has 0 unspecified atom stereocenters. The van der Waals surface area contributed by atoms with Gasteiger partial charge in [-0.05, 0) is 26.0 Å². The summed E-state index contributed by atoms with van der Waals surface area (Å²) in [6, 6.07) is 2.94. The number of rotatable bonds is 5. The molecule has 1 saturated heterocycles. The number of piperazine rings is 1. The first-order valence-corrected chi connectivity index (χ1v) is 6.97. The highest BCUT2D eigenvalue weighted by atomic mass is 16.4. The van der Waals surface area contributed by atoms with Crippen LogP contribution in [0.5, 0.6) is 0 Å². The number of aromatic carboxylic acids is 1. The van der Waals surface area contributed by atoms with Crippen LogP contribution in [0.15, 0.2) is 16.5 Å². The molecule has 1 amide bonds. The van der Waals surface area contributed by atoms with Crippen LogP contribution in [0, 0.1) is 0 Å². The van der Waals surface area contributed by atoms with Crippen molar-refractivity contribution in [3.8, 4) is 0 Å². The third-order valence-corrected chi connectivity index (χ3v) is 3.76. The Kier molecular flexibility index (Phi) is 4.64. The summed E-state index contributed by atoms with van der Waals surface area (Å²) >= 11 is 0. The molecule has 1 aliphatic heterocycles. The van der Waals surface area contributed by atoms with E-state index in [-0.39, 0.29) is 18.2 Å². The van der Waals surface area contributed by atoms with E-state index in [1.165, 1.54) is 6.07 Å². The van der Waals surface area contributed by atoms with Gasteiger partial charge in [-0.2, -0.15) is 0 Å². The smallest absolute Gasteiger partial charge is 0.371 e. The molecule has 116 valence electrons. The number of carboxylic acid groups (broad SMARTS) is 1. The van der Waals surface area contributed by atoms with Crippen molar-refractivity contribution in [2.75, 3.05) is 26.2 Å². The lowest BCUT2D eigenvalue weighted by Gasteiger charge is -2.39.